The molecule has 4 aromatic heterocycles. The molecule has 3 amide bonds. The summed E-state index contributed by atoms with van der Waals surface area (Å²) < 4.78 is 1.56. The zero-order valence-electron chi connectivity index (χ0n) is 43.6. The van der Waals surface area contributed by atoms with E-state index in [-0.39, 0.29) is 66.8 Å². The van der Waals surface area contributed by atoms with Gasteiger partial charge in [0.1, 0.15) is 28.6 Å². The number of aliphatic hydroxyl groups is 2. The monoisotopic (exact) mass is 1080 g/mol. The van der Waals surface area contributed by atoms with E-state index in [4.69, 9.17) is 27.3 Å². The van der Waals surface area contributed by atoms with Gasteiger partial charge in [-0.15, -0.1) is 16.4 Å². The third-order valence-corrected chi connectivity index (χ3v) is 17.8. The first-order valence-corrected chi connectivity index (χ1v) is 28.4. The molecule has 1 aromatic carbocycles. The van der Waals surface area contributed by atoms with Gasteiger partial charge in [-0.3, -0.25) is 14.4 Å². The van der Waals surface area contributed by atoms with Crippen molar-refractivity contribution >= 4 is 64.1 Å². The molecule has 5 aromatic rings. The molecule has 22 heteroatoms. The van der Waals surface area contributed by atoms with Crippen LogP contribution in [0.25, 0.3) is 10.4 Å². The third-order valence-electron chi connectivity index (χ3n) is 15.3. The number of likely N-dealkylation sites (tertiary alicyclic amines) is 3. The minimum atomic E-state index is -0.852. The molecule has 6 N–H and O–H groups in total. The molecule has 8 heterocycles. The molecule has 19 nitrogen and oxygen atoms in total. The Hall–Kier alpha value is -5.29. The van der Waals surface area contributed by atoms with E-state index in [2.05, 4.69) is 71.9 Å². The Balaban J connectivity index is 0.777. The van der Waals surface area contributed by atoms with E-state index in [1.165, 1.54) is 16.7 Å². The predicted molar refractivity (Wildman–Crippen MR) is 290 cm³/mol. The largest absolute Gasteiger partial charge is 0.391 e. The summed E-state index contributed by atoms with van der Waals surface area (Å²) in [6.07, 6.45) is 9.77. The number of rotatable bonds is 17. The van der Waals surface area contributed by atoms with Gasteiger partial charge in [-0.1, -0.05) is 66.7 Å². The summed E-state index contributed by atoms with van der Waals surface area (Å²) in [7, 11) is 0. The maximum absolute atomic E-state index is 14.4. The Morgan fingerprint density at radius 3 is 2.37 bits per heavy atom. The second kappa shape index (κ2) is 23.9. The number of aliphatic hydroxyl groups excluding tert-OH is 2. The van der Waals surface area contributed by atoms with Crippen molar-refractivity contribution in [2.24, 2.45) is 17.6 Å². The van der Waals surface area contributed by atoms with E-state index < -0.39 is 18.2 Å². The van der Waals surface area contributed by atoms with Gasteiger partial charge in [-0.2, -0.15) is 0 Å². The summed E-state index contributed by atoms with van der Waals surface area (Å²) in [5.74, 6) is 0.693. The Morgan fingerprint density at radius 1 is 0.987 bits per heavy atom. The van der Waals surface area contributed by atoms with Crippen LogP contribution in [0.3, 0.4) is 0 Å². The fourth-order valence-electron chi connectivity index (χ4n) is 10.9. The first-order chi connectivity index (χ1) is 36.0. The number of benzene rings is 1. The topological polar surface area (TPSA) is 237 Å². The van der Waals surface area contributed by atoms with Crippen LogP contribution in [0.1, 0.15) is 107 Å². The zero-order valence-corrected chi connectivity index (χ0v) is 46.0. The molecule has 0 spiro atoms. The Kier molecular flexibility index (Phi) is 17.4. The number of nitrogens with two attached hydrogens (primary N) is 1. The van der Waals surface area contributed by atoms with E-state index in [0.717, 1.165) is 91.3 Å². The molecule has 4 aliphatic heterocycles. The van der Waals surface area contributed by atoms with Gasteiger partial charge < -0.3 is 46.2 Å². The smallest absolute Gasteiger partial charge is 0.248 e. The molecular formula is C53H71ClN14O5S2. The first kappa shape index (κ1) is 54.5. The van der Waals surface area contributed by atoms with Crippen LogP contribution in [0.4, 0.5) is 11.6 Å². The number of halogens is 1. The molecule has 4 fully saturated rings. The molecule has 0 aliphatic carbocycles. The molecule has 4 atom stereocenters. The number of anilines is 2. The van der Waals surface area contributed by atoms with Crippen molar-refractivity contribution < 1.29 is 24.6 Å². The van der Waals surface area contributed by atoms with Gasteiger partial charge in [0.25, 0.3) is 0 Å². The summed E-state index contributed by atoms with van der Waals surface area (Å²) in [5, 5.41) is 37.4. The van der Waals surface area contributed by atoms with Gasteiger partial charge in [0.2, 0.25) is 17.7 Å². The van der Waals surface area contributed by atoms with E-state index in [1.54, 1.807) is 34.6 Å². The number of thiazole rings is 1. The molecule has 402 valence electrons. The first-order valence-electron chi connectivity index (χ1n) is 26.3. The van der Waals surface area contributed by atoms with Gasteiger partial charge in [-0.25, -0.2) is 24.6 Å². The molecule has 75 heavy (non-hydrogen) atoms. The van der Waals surface area contributed by atoms with E-state index >= 15 is 0 Å². The van der Waals surface area contributed by atoms with E-state index in [0.29, 0.717) is 59.1 Å². The number of amides is 3. The Labute approximate surface area is 452 Å². The van der Waals surface area contributed by atoms with Crippen molar-refractivity contribution in [3.8, 4) is 10.4 Å². The SMILES string of the molecule is Cc1cn([C@H](C(=O)N2C[C@H](O)C[C@H]2C(=O)N[C@@H](CCN2CCC(C(=O)N3CCC(Nc4nccc(Sc5cnc(N6CCC(C)(N)CC6)c(CO)n5)c4Cl)CC3)CC2)c2ccc(-c3scnc3C)cc2)C(C)C)nn1. The van der Waals surface area contributed by atoms with Crippen molar-refractivity contribution in [3.63, 3.8) is 0 Å². The minimum Gasteiger partial charge on any atom is -0.391 e. The lowest BCUT2D eigenvalue weighted by molar-refractivity contribution is -0.142. The van der Waals surface area contributed by atoms with Crippen LogP contribution in [0.5, 0.6) is 0 Å². The Morgan fingerprint density at radius 2 is 1.72 bits per heavy atom. The van der Waals surface area contributed by atoms with Crippen molar-refractivity contribution in [2.45, 2.75) is 138 Å². The van der Waals surface area contributed by atoms with Crippen LogP contribution in [0.15, 0.2) is 64.4 Å². The number of nitrogens with zero attached hydrogens (tertiary/aromatic N) is 11. The van der Waals surface area contributed by atoms with Gasteiger partial charge in [0.15, 0.2) is 5.82 Å². The number of hydrogen-bond donors (Lipinski definition) is 5. The molecular weight excluding hydrogens is 1010 g/mol. The number of aromatic nitrogens is 7. The number of piperidine rings is 3. The van der Waals surface area contributed by atoms with Crippen molar-refractivity contribution in [1.82, 2.24) is 54.9 Å². The Bertz CT molecular complexity index is 2770. The number of β-amino-alcohol motifs (C(OH)–C–C–N with tert-alkyl or cyclic N) is 1. The highest BCUT2D eigenvalue weighted by molar-refractivity contribution is 7.99. The van der Waals surface area contributed by atoms with Gasteiger partial charge in [0.05, 0.1) is 51.7 Å². The summed E-state index contributed by atoms with van der Waals surface area (Å²) >= 11 is 9.91. The van der Waals surface area contributed by atoms with E-state index in [1.807, 2.05) is 44.2 Å². The summed E-state index contributed by atoms with van der Waals surface area (Å²) in [6, 6.07) is 8.27. The van der Waals surface area contributed by atoms with E-state index in [9.17, 15) is 24.6 Å². The van der Waals surface area contributed by atoms with Crippen molar-refractivity contribution in [1.29, 1.82) is 0 Å². The van der Waals surface area contributed by atoms with Crippen LogP contribution in [0, 0.1) is 25.7 Å². The van der Waals surface area contributed by atoms with Crippen molar-refractivity contribution in [2.75, 3.05) is 62.6 Å². The average molecular weight is 1080 g/mol. The molecule has 4 saturated heterocycles. The highest BCUT2D eigenvalue weighted by Gasteiger charge is 2.43. The molecule has 4 aliphatic rings. The number of hydrogen-bond acceptors (Lipinski definition) is 17. The molecule has 0 unspecified atom stereocenters. The predicted octanol–water partition coefficient (Wildman–Crippen LogP) is 6.04. The number of carbonyl (C=O) groups is 3. The molecule has 9 rings (SSSR count). The van der Waals surface area contributed by atoms with Gasteiger partial charge in [-0.05, 0) is 102 Å². The maximum Gasteiger partial charge on any atom is 0.248 e. The summed E-state index contributed by atoms with van der Waals surface area (Å²) in [6.45, 7) is 14.6. The lowest BCUT2D eigenvalue weighted by atomic mass is 9.91. The van der Waals surface area contributed by atoms with Crippen LogP contribution >= 0.6 is 34.7 Å². The lowest BCUT2D eigenvalue weighted by Gasteiger charge is -2.38. The van der Waals surface area contributed by atoms with Crippen LogP contribution < -0.4 is 21.3 Å². The highest BCUT2D eigenvalue weighted by Crippen LogP contribution is 2.38. The van der Waals surface area contributed by atoms with Gasteiger partial charge in [0, 0.05) is 80.5 Å². The summed E-state index contributed by atoms with van der Waals surface area (Å²) in [5.41, 5.74) is 12.1. The highest BCUT2D eigenvalue weighted by atomic mass is 35.5. The molecule has 0 bridgehead atoms. The summed E-state index contributed by atoms with van der Waals surface area (Å²) in [4.78, 5) is 70.9. The quantitative estimate of drug-likeness (QED) is 0.0714. The number of nitrogens with one attached hydrogen (secondary N) is 2. The average Bonchev–Trinajstić information content (AvgIpc) is 4.15. The zero-order chi connectivity index (χ0) is 53.0. The third kappa shape index (κ3) is 12.9. The molecule has 0 saturated carbocycles. The van der Waals surface area contributed by atoms with Crippen LogP contribution in [0.2, 0.25) is 5.02 Å². The lowest BCUT2D eigenvalue weighted by Crippen LogP contribution is -2.50. The van der Waals surface area contributed by atoms with Gasteiger partial charge >= 0.3 is 0 Å². The number of pyridine rings is 1. The fourth-order valence-corrected chi connectivity index (χ4v) is 12.8. The second-order valence-electron chi connectivity index (χ2n) is 21.4. The number of aryl methyl sites for hydroxylation is 2. The van der Waals surface area contributed by atoms with Crippen LogP contribution in [-0.4, -0.2) is 154 Å². The minimum absolute atomic E-state index is 0.0571. The van der Waals surface area contributed by atoms with Crippen molar-refractivity contribution in [3.05, 3.63) is 82.1 Å². The van der Waals surface area contributed by atoms with Crippen LogP contribution in [-0.2, 0) is 21.0 Å². The normalized spacial score (nSPS) is 20.6. The maximum atomic E-state index is 14.4. The number of carbonyl (C=O) groups excluding carboxylic acids is 3. The molecule has 0 radical (unpaired) electrons. The fraction of sp³-hybridized carbons (Fsp3) is 0.566. The standard InChI is InChI=1S/C53H71ClN14O5S2/c1-32(2)46(68-28-33(3)62-63-68)52(73)67-29-39(70)26-42(67)50(71)61-40(35-6-8-36(9-7-35)47-34(4)58-31-74-47)15-21-64-19-11-37(12-20-64)51(72)66-22-13-38(14-23-66)59-48-45(54)43(10-18-56-48)75-44-27-57-49(41(30-69)60-44)65-24-16-53(5,55)17-25-65/h6-10,18,27-28,31-32,37-40,42,46,69-70H,11-17,19-26,29-30,55H2,1-5H3,(H,56,59)(H,61,71)/t39-,40+,42+,46+/m1/s1. The second-order valence-corrected chi connectivity index (χ2v) is 23.7.